The molecule has 2 rings (SSSR count). The number of benzene rings is 2. The second-order valence-corrected chi connectivity index (χ2v) is 4.97. The van der Waals surface area contributed by atoms with Crippen LogP contribution in [0, 0.1) is 0 Å². The fourth-order valence-electron chi connectivity index (χ4n) is 1.92. The average molecular weight is 346 g/mol. The molecule has 24 heavy (non-hydrogen) atoms. The number of rotatable bonds is 4. The van der Waals surface area contributed by atoms with Crippen molar-refractivity contribution in [1.29, 1.82) is 0 Å². The molecule has 0 aliphatic carbocycles. The molecule has 7 nitrogen and oxygen atoms in total. The second-order valence-electron chi connectivity index (χ2n) is 4.56. The van der Waals surface area contributed by atoms with Crippen LogP contribution >= 0.6 is 12.2 Å². The molecular formula is C16H18N4O3S. The third-order valence-corrected chi connectivity index (χ3v) is 3.20. The van der Waals surface area contributed by atoms with E-state index in [1.54, 1.807) is 31.4 Å². The van der Waals surface area contributed by atoms with Gasteiger partial charge in [0, 0.05) is 0 Å². The third kappa shape index (κ3) is 4.75. The van der Waals surface area contributed by atoms with Crippen LogP contribution in [0.25, 0.3) is 0 Å². The summed E-state index contributed by atoms with van der Waals surface area (Å²) in [5, 5.41) is 5.80. The summed E-state index contributed by atoms with van der Waals surface area (Å²) in [4.78, 5) is 11.9. The number of nitrogens with one attached hydrogen (secondary N) is 4. The predicted octanol–water partition coefficient (Wildman–Crippen LogP) is 2.73. The van der Waals surface area contributed by atoms with E-state index >= 15 is 0 Å². The van der Waals surface area contributed by atoms with Gasteiger partial charge in [0.15, 0.2) is 5.11 Å². The predicted molar refractivity (Wildman–Crippen MR) is 97.5 cm³/mol. The molecule has 0 saturated heterocycles. The SMILES string of the molecule is COc1ccccc1NC(=O)NNC(=S)Nc1ccccc1OC. The van der Waals surface area contributed by atoms with Crippen LogP contribution < -0.4 is 31.0 Å². The molecule has 2 aromatic rings. The second kappa shape index (κ2) is 8.59. The maximum Gasteiger partial charge on any atom is 0.338 e. The smallest absolute Gasteiger partial charge is 0.338 e. The minimum absolute atomic E-state index is 0.217. The Kier molecular flexibility index (Phi) is 6.21. The Labute approximate surface area is 145 Å². The summed E-state index contributed by atoms with van der Waals surface area (Å²) in [6, 6.07) is 13.9. The summed E-state index contributed by atoms with van der Waals surface area (Å²) >= 11 is 5.13. The highest BCUT2D eigenvalue weighted by Gasteiger charge is 2.07. The van der Waals surface area contributed by atoms with Crippen LogP contribution in [-0.4, -0.2) is 25.4 Å². The normalized spacial score (nSPS) is 9.58. The van der Waals surface area contributed by atoms with Crippen LogP contribution in [-0.2, 0) is 0 Å². The van der Waals surface area contributed by atoms with Gasteiger partial charge in [-0.05, 0) is 36.5 Å². The van der Waals surface area contributed by atoms with Gasteiger partial charge in [0.1, 0.15) is 11.5 Å². The summed E-state index contributed by atoms with van der Waals surface area (Å²) in [5.41, 5.74) is 6.27. The van der Waals surface area contributed by atoms with E-state index in [0.717, 1.165) is 0 Å². The van der Waals surface area contributed by atoms with E-state index in [1.165, 1.54) is 7.11 Å². The lowest BCUT2D eigenvalue weighted by Crippen LogP contribution is -2.45. The van der Waals surface area contributed by atoms with Gasteiger partial charge in [-0.1, -0.05) is 24.3 Å². The van der Waals surface area contributed by atoms with Crippen molar-refractivity contribution in [3.05, 3.63) is 48.5 Å². The highest BCUT2D eigenvalue weighted by Crippen LogP contribution is 2.23. The Morgan fingerprint density at radius 1 is 0.833 bits per heavy atom. The number of ether oxygens (including phenoxy) is 2. The first-order chi connectivity index (χ1) is 11.6. The van der Waals surface area contributed by atoms with Gasteiger partial charge in [-0.2, -0.15) is 0 Å². The lowest BCUT2D eigenvalue weighted by Gasteiger charge is -2.15. The number of methoxy groups -OCH3 is 2. The van der Waals surface area contributed by atoms with E-state index in [0.29, 0.717) is 22.9 Å². The van der Waals surface area contributed by atoms with Gasteiger partial charge < -0.3 is 20.1 Å². The minimum atomic E-state index is -0.483. The molecule has 0 aromatic heterocycles. The van der Waals surface area contributed by atoms with E-state index < -0.39 is 6.03 Å². The monoisotopic (exact) mass is 346 g/mol. The number of hydrogen-bond donors (Lipinski definition) is 4. The van der Waals surface area contributed by atoms with Crippen molar-refractivity contribution < 1.29 is 14.3 Å². The maximum absolute atomic E-state index is 11.9. The molecule has 126 valence electrons. The van der Waals surface area contributed by atoms with Crippen molar-refractivity contribution in [1.82, 2.24) is 10.9 Å². The molecule has 0 bridgehead atoms. The number of thiocarbonyl (C=S) groups is 1. The Morgan fingerprint density at radius 3 is 1.88 bits per heavy atom. The summed E-state index contributed by atoms with van der Waals surface area (Å²) in [6.45, 7) is 0. The molecule has 0 saturated carbocycles. The van der Waals surface area contributed by atoms with Crippen molar-refractivity contribution >= 4 is 34.7 Å². The van der Waals surface area contributed by atoms with Crippen LogP contribution in [0.1, 0.15) is 0 Å². The highest BCUT2D eigenvalue weighted by molar-refractivity contribution is 7.80. The zero-order chi connectivity index (χ0) is 17.4. The van der Waals surface area contributed by atoms with E-state index in [9.17, 15) is 4.79 Å². The average Bonchev–Trinajstić information content (AvgIpc) is 2.61. The number of anilines is 2. The van der Waals surface area contributed by atoms with Crippen molar-refractivity contribution in [2.75, 3.05) is 24.9 Å². The van der Waals surface area contributed by atoms with Gasteiger partial charge in [0.25, 0.3) is 0 Å². The van der Waals surface area contributed by atoms with E-state index in [4.69, 9.17) is 21.7 Å². The van der Waals surface area contributed by atoms with Gasteiger partial charge >= 0.3 is 6.03 Å². The first-order valence-electron chi connectivity index (χ1n) is 7.04. The molecule has 0 radical (unpaired) electrons. The Bertz CT molecular complexity index is 662. The summed E-state index contributed by atoms with van der Waals surface area (Å²) in [6.07, 6.45) is 0. The van der Waals surface area contributed by atoms with Crippen LogP contribution in [0.2, 0.25) is 0 Å². The lowest BCUT2D eigenvalue weighted by molar-refractivity contribution is 0.250. The first-order valence-corrected chi connectivity index (χ1v) is 7.45. The first kappa shape index (κ1) is 17.4. The standard InChI is InChI=1S/C16H18N4O3S/c1-22-13-9-5-3-7-11(13)17-15(21)19-20-16(24)18-12-8-4-6-10-14(12)23-2/h3-10H,1-2H3,(H2,17,19,21)(H2,18,20,24). The molecule has 0 spiro atoms. The zero-order valence-corrected chi connectivity index (χ0v) is 14.1. The van der Waals surface area contributed by atoms with Gasteiger partial charge in [0.05, 0.1) is 25.6 Å². The van der Waals surface area contributed by atoms with E-state index in [1.807, 2.05) is 24.3 Å². The quantitative estimate of drug-likeness (QED) is 0.503. The van der Waals surface area contributed by atoms with Crippen molar-refractivity contribution in [3.63, 3.8) is 0 Å². The van der Waals surface area contributed by atoms with Gasteiger partial charge in [-0.15, -0.1) is 0 Å². The number of para-hydroxylation sites is 4. The van der Waals surface area contributed by atoms with Crippen LogP contribution in [0.3, 0.4) is 0 Å². The third-order valence-electron chi connectivity index (χ3n) is 3.00. The molecule has 2 aromatic carbocycles. The minimum Gasteiger partial charge on any atom is -0.495 e. The summed E-state index contributed by atoms with van der Waals surface area (Å²) < 4.78 is 10.4. The molecule has 0 aliphatic rings. The largest absolute Gasteiger partial charge is 0.495 e. The number of carbonyl (C=O) groups is 1. The van der Waals surface area contributed by atoms with Gasteiger partial charge in [0.2, 0.25) is 0 Å². The Balaban J connectivity index is 1.86. The summed E-state index contributed by atoms with van der Waals surface area (Å²) in [7, 11) is 3.10. The van der Waals surface area contributed by atoms with Gasteiger partial charge in [-0.25, -0.2) is 10.2 Å². The van der Waals surface area contributed by atoms with Crippen molar-refractivity contribution in [3.8, 4) is 11.5 Å². The number of urea groups is 1. The fraction of sp³-hybridized carbons (Fsp3) is 0.125. The van der Waals surface area contributed by atoms with Crippen molar-refractivity contribution in [2.24, 2.45) is 0 Å². The van der Waals surface area contributed by atoms with Crippen LogP contribution in [0.5, 0.6) is 11.5 Å². The molecule has 0 atom stereocenters. The van der Waals surface area contributed by atoms with E-state index in [2.05, 4.69) is 21.5 Å². The molecular weight excluding hydrogens is 328 g/mol. The Hall–Kier alpha value is -3.00. The number of hydrazine groups is 1. The van der Waals surface area contributed by atoms with Crippen molar-refractivity contribution in [2.45, 2.75) is 0 Å². The fourth-order valence-corrected chi connectivity index (χ4v) is 2.08. The number of hydrogen-bond acceptors (Lipinski definition) is 4. The van der Waals surface area contributed by atoms with Crippen LogP contribution in [0.15, 0.2) is 48.5 Å². The molecule has 0 heterocycles. The highest BCUT2D eigenvalue weighted by atomic mass is 32.1. The van der Waals surface area contributed by atoms with E-state index in [-0.39, 0.29) is 5.11 Å². The molecule has 8 heteroatoms. The van der Waals surface area contributed by atoms with Crippen LogP contribution in [0.4, 0.5) is 16.2 Å². The molecule has 0 aliphatic heterocycles. The molecule has 0 unspecified atom stereocenters. The molecule has 4 N–H and O–H groups in total. The molecule has 0 fully saturated rings. The zero-order valence-electron chi connectivity index (χ0n) is 13.3. The lowest BCUT2D eigenvalue weighted by atomic mass is 10.3. The molecule has 2 amide bonds. The summed E-state index contributed by atoms with van der Waals surface area (Å²) in [5.74, 6) is 1.20. The van der Waals surface area contributed by atoms with Gasteiger partial charge in [-0.3, -0.25) is 5.43 Å². The topological polar surface area (TPSA) is 83.7 Å². The Morgan fingerprint density at radius 2 is 1.33 bits per heavy atom. The number of carbonyl (C=O) groups excluding carboxylic acids is 1. The number of amides is 2. The maximum atomic E-state index is 11.9.